The van der Waals surface area contributed by atoms with Gasteiger partial charge in [0.15, 0.2) is 5.60 Å². The first-order valence-corrected chi connectivity index (χ1v) is 4.14. The average molecular weight is 230 g/mol. The number of aliphatic carboxylic acids is 1. The molecule has 0 saturated carbocycles. The van der Waals surface area contributed by atoms with E-state index in [-0.39, 0.29) is 6.92 Å². The van der Waals surface area contributed by atoms with E-state index in [1.165, 1.54) is 0 Å². The fraction of sp³-hybridized carbons (Fsp3) is 0.875. The lowest BCUT2D eigenvalue weighted by molar-refractivity contribution is -0.351. The number of rotatable bonds is 2. The van der Waals surface area contributed by atoms with Gasteiger partial charge in [0, 0.05) is 6.04 Å². The number of hydrogen-bond acceptors (Lipinski definition) is 4. The Balaban J connectivity index is 0. The van der Waals surface area contributed by atoms with E-state index in [2.05, 4.69) is 19.2 Å². The summed E-state index contributed by atoms with van der Waals surface area (Å²) in [4.78, 5) is 9.59. The minimum absolute atomic E-state index is 0.113. The summed E-state index contributed by atoms with van der Waals surface area (Å²) < 4.78 is 34.2. The number of alkyl halides is 3. The Morgan fingerprint density at radius 1 is 1.40 bits per heavy atom. The van der Waals surface area contributed by atoms with Crippen molar-refractivity contribution in [3.05, 3.63) is 0 Å². The van der Waals surface area contributed by atoms with E-state index >= 15 is 0 Å². The van der Waals surface area contributed by atoms with Crippen molar-refractivity contribution in [1.82, 2.24) is 5.32 Å². The van der Waals surface area contributed by atoms with E-state index in [1.807, 2.05) is 7.05 Å². The van der Waals surface area contributed by atoms with Gasteiger partial charge in [-0.05, 0) is 14.0 Å². The van der Waals surface area contributed by atoms with Gasteiger partial charge in [-0.2, -0.15) is 13.2 Å². The van der Waals surface area contributed by atoms with Crippen LogP contribution in [0.1, 0.15) is 20.8 Å². The van der Waals surface area contributed by atoms with Crippen molar-refractivity contribution < 1.29 is 28.2 Å². The van der Waals surface area contributed by atoms with Gasteiger partial charge >= 0.3 is 6.18 Å². The van der Waals surface area contributed by atoms with E-state index in [0.29, 0.717) is 6.04 Å². The van der Waals surface area contributed by atoms with Crippen LogP contribution in [-0.2, 0) is 4.79 Å². The average Bonchev–Trinajstić information content (AvgIpc) is 2.03. The van der Waals surface area contributed by atoms with Gasteiger partial charge < -0.3 is 20.3 Å². The molecule has 0 aliphatic rings. The highest BCUT2D eigenvalue weighted by atomic mass is 19.4. The SMILES string of the molecule is CC(O)(C(=O)[O-])C(F)(F)F.CNC(C)C. The number of halogens is 3. The van der Waals surface area contributed by atoms with Crippen LogP contribution in [0.15, 0.2) is 0 Å². The molecule has 0 radical (unpaired) electrons. The molecule has 0 spiro atoms. The van der Waals surface area contributed by atoms with Gasteiger partial charge in [-0.15, -0.1) is 0 Å². The molecule has 0 bridgehead atoms. The van der Waals surface area contributed by atoms with E-state index in [0.717, 1.165) is 0 Å². The second-order valence-electron chi connectivity index (χ2n) is 3.30. The lowest BCUT2D eigenvalue weighted by atomic mass is 10.1. The number of carboxylic acids is 1. The molecule has 7 heteroatoms. The van der Waals surface area contributed by atoms with Crippen LogP contribution in [0.4, 0.5) is 13.2 Å². The van der Waals surface area contributed by atoms with Gasteiger partial charge in [-0.3, -0.25) is 0 Å². The van der Waals surface area contributed by atoms with Crippen LogP contribution in [0.2, 0.25) is 0 Å². The van der Waals surface area contributed by atoms with Crippen molar-refractivity contribution >= 4 is 5.97 Å². The summed E-state index contributed by atoms with van der Waals surface area (Å²) in [5.74, 6) is -2.56. The van der Waals surface area contributed by atoms with Crippen molar-refractivity contribution in [2.75, 3.05) is 7.05 Å². The molecule has 0 aromatic heterocycles. The zero-order valence-electron chi connectivity index (χ0n) is 8.97. The molecule has 0 aliphatic carbocycles. The minimum Gasteiger partial charge on any atom is -0.547 e. The molecule has 92 valence electrons. The summed E-state index contributed by atoms with van der Waals surface area (Å²) in [6, 6.07) is 0.634. The Morgan fingerprint density at radius 3 is 1.67 bits per heavy atom. The molecule has 2 N–H and O–H groups in total. The largest absolute Gasteiger partial charge is 0.547 e. The van der Waals surface area contributed by atoms with Crippen LogP contribution in [0.3, 0.4) is 0 Å². The summed E-state index contributed by atoms with van der Waals surface area (Å²) in [5.41, 5.74) is -3.76. The molecule has 0 amide bonds. The van der Waals surface area contributed by atoms with Crippen molar-refractivity contribution in [3.63, 3.8) is 0 Å². The number of carbonyl (C=O) groups excluding carboxylic acids is 1. The molecule has 0 saturated heterocycles. The van der Waals surface area contributed by atoms with Gasteiger partial charge in [0.05, 0.1) is 5.97 Å². The van der Waals surface area contributed by atoms with Crippen molar-refractivity contribution in [2.45, 2.75) is 38.6 Å². The third-order valence-electron chi connectivity index (χ3n) is 1.53. The van der Waals surface area contributed by atoms with Crippen molar-refractivity contribution in [1.29, 1.82) is 0 Å². The normalized spacial score (nSPS) is 15.3. The second kappa shape index (κ2) is 5.92. The van der Waals surface area contributed by atoms with Gasteiger partial charge in [-0.1, -0.05) is 13.8 Å². The van der Waals surface area contributed by atoms with Gasteiger partial charge in [-0.25, -0.2) is 0 Å². The molecule has 0 aromatic carbocycles. The Morgan fingerprint density at radius 2 is 1.67 bits per heavy atom. The Kier molecular flexibility index (Phi) is 6.55. The molecule has 15 heavy (non-hydrogen) atoms. The number of hydrogen-bond donors (Lipinski definition) is 2. The van der Waals surface area contributed by atoms with Crippen LogP contribution in [-0.4, -0.2) is 35.9 Å². The highest BCUT2D eigenvalue weighted by Gasteiger charge is 2.51. The number of nitrogens with one attached hydrogen (secondary N) is 1. The molecular weight excluding hydrogens is 215 g/mol. The monoisotopic (exact) mass is 230 g/mol. The zero-order chi connectivity index (χ0) is 12.9. The Bertz CT molecular complexity index is 202. The maximum Gasteiger partial charge on any atom is 0.422 e. The standard InChI is InChI=1S/C4H5F3O3.C4H11N/c1-3(10,2(8)9)4(5,6)7;1-4(2)5-3/h10H,1H3,(H,8,9);4-5H,1-3H3/p-1. The van der Waals surface area contributed by atoms with E-state index in [9.17, 15) is 23.1 Å². The van der Waals surface area contributed by atoms with Crippen LogP contribution in [0.25, 0.3) is 0 Å². The summed E-state index contributed by atoms with van der Waals surface area (Å²) >= 11 is 0. The summed E-state index contributed by atoms with van der Waals surface area (Å²) in [7, 11) is 1.95. The fourth-order valence-corrected chi connectivity index (χ4v) is 0.116. The Hall–Kier alpha value is -0.820. The van der Waals surface area contributed by atoms with Crippen molar-refractivity contribution in [2.24, 2.45) is 0 Å². The van der Waals surface area contributed by atoms with Crippen LogP contribution >= 0.6 is 0 Å². The first-order chi connectivity index (χ1) is 6.46. The number of carboxylic acid groups (broad SMARTS) is 1. The maximum absolute atomic E-state index is 11.4. The minimum atomic E-state index is -5.19. The van der Waals surface area contributed by atoms with Gasteiger partial charge in [0.2, 0.25) is 0 Å². The molecule has 0 aliphatic heterocycles. The molecule has 1 atom stereocenters. The Labute approximate surface area is 86.1 Å². The van der Waals surface area contributed by atoms with E-state index in [4.69, 9.17) is 5.11 Å². The topological polar surface area (TPSA) is 72.4 Å². The maximum atomic E-state index is 11.4. The smallest absolute Gasteiger partial charge is 0.422 e. The first-order valence-electron chi connectivity index (χ1n) is 4.14. The predicted octanol–water partition coefficient (Wildman–Crippen LogP) is -0.336. The highest BCUT2D eigenvalue weighted by molar-refractivity contribution is 5.75. The summed E-state index contributed by atoms with van der Waals surface area (Å²) in [5, 5.41) is 20.8. The molecule has 0 heterocycles. The molecular formula is C8H15F3NO3-. The summed E-state index contributed by atoms with van der Waals surface area (Å²) in [6.07, 6.45) is -5.19. The number of carbonyl (C=O) groups is 1. The molecule has 0 aromatic rings. The third-order valence-corrected chi connectivity index (χ3v) is 1.53. The third kappa shape index (κ3) is 6.29. The van der Waals surface area contributed by atoms with Gasteiger partial charge in [0.25, 0.3) is 0 Å². The summed E-state index contributed by atoms with van der Waals surface area (Å²) in [6.45, 7) is 4.34. The van der Waals surface area contributed by atoms with Crippen LogP contribution in [0.5, 0.6) is 0 Å². The van der Waals surface area contributed by atoms with Gasteiger partial charge in [0.1, 0.15) is 0 Å². The quantitative estimate of drug-likeness (QED) is 0.681. The molecule has 4 nitrogen and oxygen atoms in total. The lowest BCUT2D eigenvalue weighted by Gasteiger charge is -2.26. The fourth-order valence-electron chi connectivity index (χ4n) is 0.116. The molecule has 0 fully saturated rings. The number of aliphatic hydroxyl groups is 1. The first kappa shape index (κ1) is 16.6. The van der Waals surface area contributed by atoms with Crippen molar-refractivity contribution in [3.8, 4) is 0 Å². The van der Waals surface area contributed by atoms with Crippen LogP contribution in [0, 0.1) is 0 Å². The second-order valence-corrected chi connectivity index (χ2v) is 3.30. The highest BCUT2D eigenvalue weighted by Crippen LogP contribution is 2.28. The zero-order valence-corrected chi connectivity index (χ0v) is 8.97. The molecule has 0 rings (SSSR count). The van der Waals surface area contributed by atoms with E-state index in [1.54, 1.807) is 0 Å². The van der Waals surface area contributed by atoms with E-state index < -0.39 is 17.7 Å². The lowest BCUT2D eigenvalue weighted by Crippen LogP contribution is -2.56. The van der Waals surface area contributed by atoms with Crippen LogP contribution < -0.4 is 10.4 Å². The predicted molar refractivity (Wildman–Crippen MR) is 45.9 cm³/mol. The molecule has 1 unspecified atom stereocenters.